The fraction of sp³-hybridized carbons (Fsp3) is 0.769. The van der Waals surface area contributed by atoms with Gasteiger partial charge in [0, 0.05) is 19.5 Å². The van der Waals surface area contributed by atoms with Gasteiger partial charge in [-0.15, -0.1) is 0 Å². The minimum absolute atomic E-state index is 0.215. The summed E-state index contributed by atoms with van der Waals surface area (Å²) in [4.78, 5) is 13.9. The first-order chi connectivity index (χ1) is 7.54. The number of carbonyl (C=O) groups is 1. The van der Waals surface area contributed by atoms with Gasteiger partial charge >= 0.3 is 0 Å². The van der Waals surface area contributed by atoms with Gasteiger partial charge in [0.2, 0.25) is 5.91 Å². The lowest BCUT2D eigenvalue weighted by Gasteiger charge is -2.30. The van der Waals surface area contributed by atoms with Gasteiger partial charge in [-0.2, -0.15) is 0 Å². The monoisotopic (exact) mass is 224 g/mol. The van der Waals surface area contributed by atoms with Gasteiger partial charge in [-0.3, -0.25) is 4.79 Å². The molecule has 92 valence electrons. The van der Waals surface area contributed by atoms with Gasteiger partial charge in [-0.05, 0) is 45.1 Å². The molecule has 0 saturated heterocycles. The summed E-state index contributed by atoms with van der Waals surface area (Å²) in [5, 5.41) is 0. The van der Waals surface area contributed by atoms with Crippen molar-refractivity contribution in [3.63, 3.8) is 0 Å². The fourth-order valence-corrected chi connectivity index (χ4v) is 2.44. The van der Waals surface area contributed by atoms with Crippen LogP contribution in [0.5, 0.6) is 0 Å². The molecular weight excluding hydrogens is 200 g/mol. The number of hydrogen-bond donors (Lipinski definition) is 1. The zero-order chi connectivity index (χ0) is 12.1. The molecule has 1 aliphatic rings. The first-order valence-electron chi connectivity index (χ1n) is 6.14. The van der Waals surface area contributed by atoms with Gasteiger partial charge in [0.05, 0.1) is 0 Å². The minimum Gasteiger partial charge on any atom is -0.342 e. The second kappa shape index (κ2) is 6.04. The quantitative estimate of drug-likeness (QED) is 0.740. The van der Waals surface area contributed by atoms with E-state index in [-0.39, 0.29) is 11.8 Å². The summed E-state index contributed by atoms with van der Waals surface area (Å²) in [6.07, 6.45) is 4.21. The number of nitrogens with zero attached hydrogens (tertiary/aromatic N) is 1. The predicted octanol–water partition coefficient (Wildman–Crippen LogP) is 1.79. The SMILES string of the molecule is C=C(C)CN(C)C(=O)C1CCC(CN)CC1. The van der Waals surface area contributed by atoms with Crippen LogP contribution in [0, 0.1) is 11.8 Å². The zero-order valence-corrected chi connectivity index (χ0v) is 10.5. The Bertz CT molecular complexity index is 255. The van der Waals surface area contributed by atoms with Crippen LogP contribution < -0.4 is 5.73 Å². The molecule has 0 spiro atoms. The molecule has 1 fully saturated rings. The van der Waals surface area contributed by atoms with Crippen molar-refractivity contribution >= 4 is 5.91 Å². The highest BCUT2D eigenvalue weighted by atomic mass is 16.2. The summed E-state index contributed by atoms with van der Waals surface area (Å²) in [5.41, 5.74) is 6.68. The van der Waals surface area contributed by atoms with Crippen molar-refractivity contribution in [1.29, 1.82) is 0 Å². The molecule has 3 nitrogen and oxygen atoms in total. The lowest BCUT2D eigenvalue weighted by molar-refractivity contribution is -0.135. The second-order valence-electron chi connectivity index (χ2n) is 5.10. The van der Waals surface area contributed by atoms with Crippen LogP contribution in [0.25, 0.3) is 0 Å². The van der Waals surface area contributed by atoms with Crippen molar-refractivity contribution in [3.05, 3.63) is 12.2 Å². The van der Waals surface area contributed by atoms with Crippen LogP contribution in [0.1, 0.15) is 32.6 Å². The van der Waals surface area contributed by atoms with Crippen LogP contribution in [-0.2, 0) is 4.79 Å². The van der Waals surface area contributed by atoms with E-state index in [4.69, 9.17) is 5.73 Å². The Morgan fingerprint density at radius 3 is 2.38 bits per heavy atom. The Morgan fingerprint density at radius 2 is 1.94 bits per heavy atom. The fourth-order valence-electron chi connectivity index (χ4n) is 2.44. The van der Waals surface area contributed by atoms with Crippen LogP contribution in [0.2, 0.25) is 0 Å². The average molecular weight is 224 g/mol. The molecule has 0 heterocycles. The van der Waals surface area contributed by atoms with Gasteiger partial charge in [-0.1, -0.05) is 12.2 Å². The molecule has 1 saturated carbocycles. The second-order valence-corrected chi connectivity index (χ2v) is 5.10. The average Bonchev–Trinajstić information content (AvgIpc) is 2.27. The smallest absolute Gasteiger partial charge is 0.225 e. The molecule has 0 atom stereocenters. The topological polar surface area (TPSA) is 46.3 Å². The van der Waals surface area contributed by atoms with E-state index in [0.29, 0.717) is 12.5 Å². The molecule has 0 radical (unpaired) electrons. The van der Waals surface area contributed by atoms with Crippen molar-refractivity contribution in [2.24, 2.45) is 17.6 Å². The van der Waals surface area contributed by atoms with E-state index < -0.39 is 0 Å². The number of nitrogens with two attached hydrogens (primary N) is 1. The molecule has 1 rings (SSSR count). The largest absolute Gasteiger partial charge is 0.342 e. The first-order valence-corrected chi connectivity index (χ1v) is 6.14. The van der Waals surface area contributed by atoms with Crippen molar-refractivity contribution in [2.75, 3.05) is 20.1 Å². The maximum absolute atomic E-state index is 12.1. The molecular formula is C13H24N2O. The summed E-state index contributed by atoms with van der Waals surface area (Å²) in [7, 11) is 1.87. The standard InChI is InChI=1S/C13H24N2O/c1-10(2)9-15(3)13(16)12-6-4-11(8-14)5-7-12/h11-12H,1,4-9,14H2,2-3H3. The van der Waals surface area contributed by atoms with E-state index in [1.54, 1.807) is 4.90 Å². The third kappa shape index (κ3) is 3.63. The van der Waals surface area contributed by atoms with Crippen LogP contribution in [0.15, 0.2) is 12.2 Å². The molecule has 0 aromatic heterocycles. The Morgan fingerprint density at radius 1 is 1.38 bits per heavy atom. The van der Waals surface area contributed by atoms with Crippen LogP contribution in [0.4, 0.5) is 0 Å². The van der Waals surface area contributed by atoms with E-state index in [9.17, 15) is 4.79 Å². The molecule has 0 aliphatic heterocycles. The molecule has 1 amide bonds. The Kier molecular flexibility index (Phi) is 5.00. The first kappa shape index (κ1) is 13.2. The van der Waals surface area contributed by atoms with E-state index >= 15 is 0 Å². The zero-order valence-electron chi connectivity index (χ0n) is 10.5. The van der Waals surface area contributed by atoms with Crippen LogP contribution >= 0.6 is 0 Å². The van der Waals surface area contributed by atoms with Crippen molar-refractivity contribution in [3.8, 4) is 0 Å². The van der Waals surface area contributed by atoms with E-state index in [2.05, 4.69) is 6.58 Å². The van der Waals surface area contributed by atoms with Gasteiger partial charge < -0.3 is 10.6 Å². The van der Waals surface area contributed by atoms with Gasteiger partial charge in [-0.25, -0.2) is 0 Å². The highest BCUT2D eigenvalue weighted by Gasteiger charge is 2.27. The van der Waals surface area contributed by atoms with Crippen molar-refractivity contribution < 1.29 is 4.79 Å². The summed E-state index contributed by atoms with van der Waals surface area (Å²) in [5.74, 6) is 1.13. The molecule has 0 unspecified atom stereocenters. The Balaban J connectivity index is 2.40. The van der Waals surface area contributed by atoms with Gasteiger partial charge in [0.15, 0.2) is 0 Å². The Labute approximate surface area is 98.7 Å². The highest BCUT2D eigenvalue weighted by Crippen LogP contribution is 2.29. The summed E-state index contributed by atoms with van der Waals surface area (Å²) >= 11 is 0. The van der Waals surface area contributed by atoms with Gasteiger partial charge in [0.1, 0.15) is 0 Å². The maximum atomic E-state index is 12.1. The third-order valence-corrected chi connectivity index (χ3v) is 3.41. The molecule has 2 N–H and O–H groups in total. The number of rotatable bonds is 4. The summed E-state index contributed by atoms with van der Waals surface area (Å²) in [6.45, 7) is 7.23. The van der Waals surface area contributed by atoms with Crippen LogP contribution in [-0.4, -0.2) is 30.9 Å². The number of amides is 1. The van der Waals surface area contributed by atoms with Crippen molar-refractivity contribution in [1.82, 2.24) is 4.90 Å². The van der Waals surface area contributed by atoms with E-state index in [0.717, 1.165) is 37.8 Å². The molecule has 16 heavy (non-hydrogen) atoms. The minimum atomic E-state index is 0.215. The van der Waals surface area contributed by atoms with Gasteiger partial charge in [0.25, 0.3) is 0 Å². The normalized spacial score (nSPS) is 25.2. The predicted molar refractivity (Wildman–Crippen MR) is 67.0 cm³/mol. The molecule has 1 aliphatic carbocycles. The van der Waals surface area contributed by atoms with E-state index in [1.807, 2.05) is 14.0 Å². The number of hydrogen-bond acceptors (Lipinski definition) is 2. The number of carbonyl (C=O) groups excluding carboxylic acids is 1. The highest BCUT2D eigenvalue weighted by molar-refractivity contribution is 5.78. The lowest BCUT2D eigenvalue weighted by atomic mass is 9.81. The van der Waals surface area contributed by atoms with E-state index in [1.165, 1.54) is 0 Å². The maximum Gasteiger partial charge on any atom is 0.225 e. The number of likely N-dealkylation sites (N-methyl/N-ethyl adjacent to an activating group) is 1. The molecule has 0 aromatic carbocycles. The Hall–Kier alpha value is -0.830. The van der Waals surface area contributed by atoms with Crippen LogP contribution in [0.3, 0.4) is 0 Å². The van der Waals surface area contributed by atoms with Crippen molar-refractivity contribution in [2.45, 2.75) is 32.6 Å². The summed E-state index contributed by atoms with van der Waals surface area (Å²) in [6, 6.07) is 0. The molecule has 0 bridgehead atoms. The molecule has 0 aromatic rings. The lowest BCUT2D eigenvalue weighted by Crippen LogP contribution is -2.36. The summed E-state index contributed by atoms with van der Waals surface area (Å²) < 4.78 is 0. The molecule has 3 heteroatoms. The third-order valence-electron chi connectivity index (χ3n) is 3.41.